The van der Waals surface area contributed by atoms with Crippen LogP contribution in [-0.2, 0) is 10.2 Å². The topological polar surface area (TPSA) is 76.7 Å². The second-order valence-corrected chi connectivity index (χ2v) is 7.31. The second kappa shape index (κ2) is 9.90. The lowest BCUT2D eigenvalue weighted by Gasteiger charge is -2.19. The average Bonchev–Trinajstić information content (AvgIpc) is 2.69. The van der Waals surface area contributed by atoms with Gasteiger partial charge in [0, 0.05) is 17.7 Å². The molecule has 6 heteroatoms. The van der Waals surface area contributed by atoms with Gasteiger partial charge in [-0.05, 0) is 48.2 Å². The Hall–Kier alpha value is -2.86. The van der Waals surface area contributed by atoms with Crippen molar-refractivity contribution in [1.29, 1.82) is 0 Å². The van der Waals surface area contributed by atoms with Crippen LogP contribution in [0.2, 0.25) is 0 Å². The molecule has 2 amide bonds. The number of ether oxygens (including phenoxy) is 2. The van der Waals surface area contributed by atoms with Gasteiger partial charge in [0.15, 0.2) is 0 Å². The molecule has 2 aromatic rings. The van der Waals surface area contributed by atoms with Crippen molar-refractivity contribution in [3.63, 3.8) is 0 Å². The third-order valence-electron chi connectivity index (χ3n) is 4.10. The summed E-state index contributed by atoms with van der Waals surface area (Å²) < 4.78 is 10.8. The van der Waals surface area contributed by atoms with Crippen LogP contribution in [0.4, 0.5) is 0 Å². The largest absolute Gasteiger partial charge is 0.491 e. The van der Waals surface area contributed by atoms with Gasteiger partial charge in [0.25, 0.3) is 11.8 Å². The molecule has 0 saturated heterocycles. The van der Waals surface area contributed by atoms with E-state index in [4.69, 9.17) is 9.47 Å². The van der Waals surface area contributed by atoms with Crippen LogP contribution >= 0.6 is 0 Å². The Balaban J connectivity index is 1.90. The lowest BCUT2D eigenvalue weighted by Crippen LogP contribution is -2.41. The molecule has 0 heterocycles. The van der Waals surface area contributed by atoms with Crippen molar-refractivity contribution >= 4 is 11.8 Å². The molecule has 0 aliphatic rings. The maximum Gasteiger partial charge on any atom is 0.269 e. The molecule has 0 radical (unpaired) electrons. The van der Waals surface area contributed by atoms with E-state index in [0.29, 0.717) is 36.7 Å². The fourth-order valence-corrected chi connectivity index (χ4v) is 2.47. The van der Waals surface area contributed by atoms with Crippen LogP contribution in [0.15, 0.2) is 48.5 Å². The van der Waals surface area contributed by atoms with E-state index < -0.39 is 5.91 Å². The summed E-state index contributed by atoms with van der Waals surface area (Å²) in [6.07, 6.45) is 0. The molecule has 150 valence electrons. The van der Waals surface area contributed by atoms with Gasteiger partial charge in [-0.2, -0.15) is 0 Å². The Morgan fingerprint density at radius 3 is 2.14 bits per heavy atom. The maximum absolute atomic E-state index is 12.3. The monoisotopic (exact) mass is 384 g/mol. The highest BCUT2D eigenvalue weighted by molar-refractivity contribution is 5.99. The standard InChI is InChI=1S/C22H28N2O4/c1-5-27-13-14-28-19-8-6-7-17(15-19)21(26)24-23-20(25)16-9-11-18(12-10-16)22(2,3)4/h6-12,15H,5,13-14H2,1-4H3,(H,23,25)(H,24,26). The van der Waals surface area contributed by atoms with E-state index in [1.54, 1.807) is 36.4 Å². The maximum atomic E-state index is 12.3. The number of benzene rings is 2. The number of hydrogen-bond donors (Lipinski definition) is 2. The predicted octanol–water partition coefficient (Wildman–Crippen LogP) is 3.47. The molecular formula is C22H28N2O4. The van der Waals surface area contributed by atoms with Gasteiger partial charge in [-0.1, -0.05) is 39.0 Å². The first kappa shape index (κ1) is 21.4. The molecule has 0 fully saturated rings. The molecule has 0 saturated carbocycles. The zero-order chi connectivity index (χ0) is 20.6. The molecule has 0 aromatic heterocycles. The normalized spacial score (nSPS) is 11.0. The van der Waals surface area contributed by atoms with Gasteiger partial charge in [-0.3, -0.25) is 20.4 Å². The zero-order valence-electron chi connectivity index (χ0n) is 16.9. The molecule has 28 heavy (non-hydrogen) atoms. The van der Waals surface area contributed by atoms with E-state index in [1.807, 2.05) is 19.1 Å². The Morgan fingerprint density at radius 2 is 1.54 bits per heavy atom. The molecule has 0 aliphatic carbocycles. The quantitative estimate of drug-likeness (QED) is 0.566. The lowest BCUT2D eigenvalue weighted by atomic mass is 9.87. The average molecular weight is 384 g/mol. The summed E-state index contributed by atoms with van der Waals surface area (Å²) in [6, 6.07) is 14.1. The Labute approximate surface area is 166 Å². The first-order valence-electron chi connectivity index (χ1n) is 9.33. The van der Waals surface area contributed by atoms with Crippen LogP contribution in [0.3, 0.4) is 0 Å². The molecule has 0 spiro atoms. The van der Waals surface area contributed by atoms with Gasteiger partial charge >= 0.3 is 0 Å². The van der Waals surface area contributed by atoms with Gasteiger partial charge < -0.3 is 9.47 Å². The molecule has 0 atom stereocenters. The summed E-state index contributed by atoms with van der Waals surface area (Å²) in [6.45, 7) is 9.75. The van der Waals surface area contributed by atoms with Crippen molar-refractivity contribution in [1.82, 2.24) is 10.9 Å². The summed E-state index contributed by atoms with van der Waals surface area (Å²) in [4.78, 5) is 24.5. The number of carbonyl (C=O) groups is 2. The molecular weight excluding hydrogens is 356 g/mol. The van der Waals surface area contributed by atoms with Crippen LogP contribution in [0.5, 0.6) is 5.75 Å². The van der Waals surface area contributed by atoms with E-state index in [-0.39, 0.29) is 11.3 Å². The van der Waals surface area contributed by atoms with Crippen molar-refractivity contribution in [3.8, 4) is 5.75 Å². The third kappa shape index (κ3) is 6.39. The third-order valence-corrected chi connectivity index (χ3v) is 4.10. The van der Waals surface area contributed by atoms with Crippen LogP contribution in [0, 0.1) is 0 Å². The predicted molar refractivity (Wildman–Crippen MR) is 109 cm³/mol. The fourth-order valence-electron chi connectivity index (χ4n) is 2.47. The zero-order valence-corrected chi connectivity index (χ0v) is 16.9. The number of nitrogens with one attached hydrogen (secondary N) is 2. The van der Waals surface area contributed by atoms with Crippen LogP contribution in [0.25, 0.3) is 0 Å². The van der Waals surface area contributed by atoms with Gasteiger partial charge in [0.1, 0.15) is 12.4 Å². The molecule has 6 nitrogen and oxygen atoms in total. The molecule has 0 bridgehead atoms. The van der Waals surface area contributed by atoms with Gasteiger partial charge in [-0.15, -0.1) is 0 Å². The minimum absolute atomic E-state index is 0.0129. The van der Waals surface area contributed by atoms with Crippen molar-refractivity contribution in [3.05, 3.63) is 65.2 Å². The fraction of sp³-hybridized carbons (Fsp3) is 0.364. The van der Waals surface area contributed by atoms with Crippen molar-refractivity contribution in [2.75, 3.05) is 19.8 Å². The minimum atomic E-state index is -0.421. The first-order chi connectivity index (χ1) is 13.3. The Kier molecular flexibility index (Phi) is 7.58. The minimum Gasteiger partial charge on any atom is -0.491 e. The van der Waals surface area contributed by atoms with Crippen molar-refractivity contribution in [2.45, 2.75) is 33.1 Å². The van der Waals surface area contributed by atoms with E-state index in [1.165, 1.54) is 0 Å². The Morgan fingerprint density at radius 1 is 0.893 bits per heavy atom. The van der Waals surface area contributed by atoms with Crippen LogP contribution in [0.1, 0.15) is 54.0 Å². The van der Waals surface area contributed by atoms with Gasteiger partial charge in [0.2, 0.25) is 0 Å². The van der Waals surface area contributed by atoms with E-state index in [2.05, 4.69) is 31.6 Å². The number of carbonyl (C=O) groups excluding carboxylic acids is 2. The highest BCUT2D eigenvalue weighted by atomic mass is 16.5. The highest BCUT2D eigenvalue weighted by Crippen LogP contribution is 2.22. The highest BCUT2D eigenvalue weighted by Gasteiger charge is 2.15. The van der Waals surface area contributed by atoms with Crippen molar-refractivity contribution < 1.29 is 19.1 Å². The first-order valence-corrected chi connectivity index (χ1v) is 9.33. The van der Waals surface area contributed by atoms with Crippen molar-refractivity contribution in [2.24, 2.45) is 0 Å². The molecule has 2 aromatic carbocycles. The van der Waals surface area contributed by atoms with Crippen LogP contribution < -0.4 is 15.6 Å². The Bertz CT molecular complexity index is 795. The molecule has 2 N–H and O–H groups in total. The molecule has 2 rings (SSSR count). The summed E-state index contributed by atoms with van der Waals surface area (Å²) in [5, 5.41) is 0. The lowest BCUT2D eigenvalue weighted by molar-refractivity contribution is 0.0846. The van der Waals surface area contributed by atoms with Gasteiger partial charge in [0.05, 0.1) is 6.61 Å². The summed E-state index contributed by atoms with van der Waals surface area (Å²) in [7, 11) is 0. The van der Waals surface area contributed by atoms with Crippen LogP contribution in [-0.4, -0.2) is 31.6 Å². The number of hydrazine groups is 1. The smallest absolute Gasteiger partial charge is 0.269 e. The summed E-state index contributed by atoms with van der Waals surface area (Å²) in [5.74, 6) is -0.232. The summed E-state index contributed by atoms with van der Waals surface area (Å²) in [5.41, 5.74) is 6.87. The number of rotatable bonds is 7. The van der Waals surface area contributed by atoms with E-state index in [0.717, 1.165) is 5.56 Å². The SMILES string of the molecule is CCOCCOc1cccc(C(=O)NNC(=O)c2ccc(C(C)(C)C)cc2)c1. The van der Waals surface area contributed by atoms with Gasteiger partial charge in [-0.25, -0.2) is 0 Å². The molecule has 0 unspecified atom stereocenters. The molecule has 0 aliphatic heterocycles. The number of hydrogen-bond acceptors (Lipinski definition) is 4. The second-order valence-electron chi connectivity index (χ2n) is 7.31. The van der Waals surface area contributed by atoms with E-state index >= 15 is 0 Å². The van der Waals surface area contributed by atoms with E-state index in [9.17, 15) is 9.59 Å². The summed E-state index contributed by atoms with van der Waals surface area (Å²) >= 11 is 0. The number of amides is 2.